The Morgan fingerprint density at radius 3 is 2.61 bits per heavy atom. The summed E-state index contributed by atoms with van der Waals surface area (Å²) < 4.78 is 35.9. The summed E-state index contributed by atoms with van der Waals surface area (Å²) in [7, 11) is 0.482. The van der Waals surface area contributed by atoms with Crippen molar-refractivity contribution in [1.29, 1.82) is 0 Å². The van der Waals surface area contributed by atoms with Crippen LogP contribution in [0.15, 0.2) is 45.9 Å². The lowest BCUT2D eigenvalue weighted by atomic mass is 10.2. The molecule has 0 radical (unpaired) electrons. The lowest BCUT2D eigenvalue weighted by Gasteiger charge is -2.15. The first-order valence-electron chi connectivity index (χ1n) is 6.77. The molecule has 0 unspecified atom stereocenters. The number of hydrogen-bond acceptors (Lipinski definition) is 5. The van der Waals surface area contributed by atoms with E-state index in [1.807, 2.05) is 0 Å². The maximum absolute atomic E-state index is 12.3. The van der Waals surface area contributed by atoms with Gasteiger partial charge in [-0.05, 0) is 30.3 Å². The molecule has 7 nitrogen and oxygen atoms in total. The van der Waals surface area contributed by atoms with Gasteiger partial charge in [-0.25, -0.2) is 12.7 Å². The average molecular weight is 338 g/mol. The summed E-state index contributed by atoms with van der Waals surface area (Å²) in [5.41, 5.74) is 0.220. The number of carbonyl (C=O) groups excluding carboxylic acids is 1. The molecule has 1 heterocycles. The normalized spacial score (nSPS) is 11.5. The third-order valence-corrected chi connectivity index (χ3v) is 5.02. The Labute approximate surface area is 134 Å². The number of amides is 1. The Bertz CT molecular complexity index is 782. The van der Waals surface area contributed by atoms with Crippen LogP contribution < -0.4 is 10.1 Å². The molecule has 1 amide bonds. The van der Waals surface area contributed by atoms with E-state index in [4.69, 9.17) is 9.15 Å². The average Bonchev–Trinajstić information content (AvgIpc) is 3.05. The summed E-state index contributed by atoms with van der Waals surface area (Å²) in [6, 6.07) is 7.71. The monoisotopic (exact) mass is 338 g/mol. The number of hydrogen-bond donors (Lipinski definition) is 1. The van der Waals surface area contributed by atoms with E-state index in [1.54, 1.807) is 12.1 Å². The quantitative estimate of drug-likeness (QED) is 0.861. The van der Waals surface area contributed by atoms with Crippen LogP contribution in [0.2, 0.25) is 0 Å². The predicted molar refractivity (Wildman–Crippen MR) is 83.7 cm³/mol. The van der Waals surface area contributed by atoms with Gasteiger partial charge in [0.25, 0.3) is 5.91 Å². The van der Waals surface area contributed by atoms with Crippen molar-refractivity contribution in [3.05, 3.63) is 47.9 Å². The standard InChI is InChI=1S/C15H18N2O5S/c1-17(2)23(19,20)14-9-11(6-7-13(14)21-3)15(18)16-10-12-5-4-8-22-12/h4-9H,10H2,1-3H3,(H,16,18). The Kier molecular flexibility index (Phi) is 5.07. The second-order valence-corrected chi connectivity index (χ2v) is 7.04. The minimum absolute atomic E-state index is 0.0596. The van der Waals surface area contributed by atoms with E-state index >= 15 is 0 Å². The van der Waals surface area contributed by atoms with Crippen molar-refractivity contribution in [1.82, 2.24) is 9.62 Å². The number of rotatable bonds is 6. The van der Waals surface area contributed by atoms with Gasteiger partial charge in [0.05, 0.1) is 19.9 Å². The summed E-state index contributed by atoms with van der Waals surface area (Å²) in [5, 5.41) is 2.66. The zero-order chi connectivity index (χ0) is 17.0. The molecule has 0 aliphatic heterocycles. The second-order valence-electron chi connectivity index (χ2n) is 4.92. The molecule has 23 heavy (non-hydrogen) atoms. The molecule has 1 N–H and O–H groups in total. The molecule has 124 valence electrons. The van der Waals surface area contributed by atoms with Crippen LogP contribution >= 0.6 is 0 Å². The van der Waals surface area contributed by atoms with Crippen LogP contribution in [0, 0.1) is 0 Å². The van der Waals surface area contributed by atoms with Crippen molar-refractivity contribution in [2.75, 3.05) is 21.2 Å². The number of sulfonamides is 1. The molecule has 0 saturated heterocycles. The molecule has 1 aromatic carbocycles. The number of carbonyl (C=O) groups is 1. The molecule has 1 aromatic heterocycles. The smallest absolute Gasteiger partial charge is 0.251 e. The van der Waals surface area contributed by atoms with Crippen molar-refractivity contribution >= 4 is 15.9 Å². The predicted octanol–water partition coefficient (Wildman–Crippen LogP) is 1.47. The van der Waals surface area contributed by atoms with Crippen molar-refractivity contribution in [2.24, 2.45) is 0 Å². The van der Waals surface area contributed by atoms with E-state index in [1.165, 1.54) is 45.7 Å². The molecule has 0 aliphatic rings. The van der Waals surface area contributed by atoms with Gasteiger partial charge in [-0.3, -0.25) is 4.79 Å². The highest BCUT2D eigenvalue weighted by Crippen LogP contribution is 2.26. The van der Waals surface area contributed by atoms with Crippen molar-refractivity contribution in [2.45, 2.75) is 11.4 Å². The number of nitrogens with zero attached hydrogens (tertiary/aromatic N) is 1. The highest BCUT2D eigenvalue weighted by molar-refractivity contribution is 7.89. The molecule has 8 heteroatoms. The summed E-state index contributed by atoms with van der Waals surface area (Å²) in [5.74, 6) is 0.383. The first kappa shape index (κ1) is 17.0. The lowest BCUT2D eigenvalue weighted by molar-refractivity contribution is 0.0947. The van der Waals surface area contributed by atoms with Gasteiger partial charge in [0.15, 0.2) is 0 Å². The molecule has 2 rings (SSSR count). The zero-order valence-corrected chi connectivity index (χ0v) is 13.9. The van der Waals surface area contributed by atoms with Gasteiger partial charge in [0.2, 0.25) is 10.0 Å². The fourth-order valence-electron chi connectivity index (χ4n) is 1.90. The maximum atomic E-state index is 12.3. The van der Waals surface area contributed by atoms with Gasteiger partial charge in [-0.1, -0.05) is 0 Å². The summed E-state index contributed by atoms with van der Waals surface area (Å²) >= 11 is 0. The van der Waals surface area contributed by atoms with Gasteiger partial charge in [-0.15, -0.1) is 0 Å². The number of benzene rings is 1. The Morgan fingerprint density at radius 1 is 1.30 bits per heavy atom. The molecule has 0 aliphatic carbocycles. The van der Waals surface area contributed by atoms with Crippen molar-refractivity contribution < 1.29 is 22.4 Å². The first-order chi connectivity index (χ1) is 10.9. The second kappa shape index (κ2) is 6.84. The van der Waals surface area contributed by atoms with Crippen molar-refractivity contribution in [3.63, 3.8) is 0 Å². The van der Waals surface area contributed by atoms with Gasteiger partial charge >= 0.3 is 0 Å². The van der Waals surface area contributed by atoms with E-state index in [2.05, 4.69) is 5.32 Å². The molecular weight excluding hydrogens is 320 g/mol. The number of nitrogens with one attached hydrogen (secondary N) is 1. The summed E-state index contributed by atoms with van der Waals surface area (Å²) in [6.45, 7) is 0.216. The highest BCUT2D eigenvalue weighted by atomic mass is 32.2. The van der Waals surface area contributed by atoms with Crippen LogP contribution in [-0.4, -0.2) is 39.8 Å². The SMILES string of the molecule is COc1ccc(C(=O)NCc2ccco2)cc1S(=O)(=O)N(C)C. The van der Waals surface area contributed by atoms with Gasteiger partial charge in [0, 0.05) is 19.7 Å². The van der Waals surface area contributed by atoms with Gasteiger partial charge in [-0.2, -0.15) is 0 Å². The topological polar surface area (TPSA) is 88.8 Å². The van der Waals surface area contributed by atoms with Gasteiger partial charge in [0.1, 0.15) is 16.4 Å². The van der Waals surface area contributed by atoms with Crippen LogP contribution in [-0.2, 0) is 16.6 Å². The van der Waals surface area contributed by atoms with E-state index in [0.717, 1.165) is 4.31 Å². The number of ether oxygens (including phenoxy) is 1. The van der Waals surface area contributed by atoms with E-state index in [9.17, 15) is 13.2 Å². The molecule has 0 fully saturated rings. The van der Waals surface area contributed by atoms with Crippen LogP contribution in [0.25, 0.3) is 0 Å². The summed E-state index contributed by atoms with van der Waals surface area (Å²) in [6.07, 6.45) is 1.51. The minimum atomic E-state index is -3.72. The largest absolute Gasteiger partial charge is 0.495 e. The van der Waals surface area contributed by atoms with Gasteiger partial charge < -0.3 is 14.5 Å². The van der Waals surface area contributed by atoms with Crippen LogP contribution in [0.5, 0.6) is 5.75 Å². The molecule has 0 saturated carbocycles. The third kappa shape index (κ3) is 3.72. The lowest BCUT2D eigenvalue weighted by Crippen LogP contribution is -2.25. The molecule has 0 spiro atoms. The van der Waals surface area contributed by atoms with Crippen molar-refractivity contribution in [3.8, 4) is 5.75 Å². The summed E-state index contributed by atoms with van der Waals surface area (Å²) in [4.78, 5) is 12.1. The van der Waals surface area contributed by atoms with Crippen LogP contribution in [0.4, 0.5) is 0 Å². The van der Waals surface area contributed by atoms with Crippen LogP contribution in [0.3, 0.4) is 0 Å². The maximum Gasteiger partial charge on any atom is 0.251 e. The Hall–Kier alpha value is -2.32. The Balaban J connectivity index is 2.28. The molecule has 2 aromatic rings. The third-order valence-electron chi connectivity index (χ3n) is 3.19. The number of methoxy groups -OCH3 is 1. The number of furan rings is 1. The molecule has 0 bridgehead atoms. The fraction of sp³-hybridized carbons (Fsp3) is 0.267. The first-order valence-corrected chi connectivity index (χ1v) is 8.21. The zero-order valence-electron chi connectivity index (χ0n) is 13.1. The molecular formula is C15H18N2O5S. The minimum Gasteiger partial charge on any atom is -0.495 e. The Morgan fingerprint density at radius 2 is 2.04 bits per heavy atom. The van der Waals surface area contributed by atoms with Crippen LogP contribution in [0.1, 0.15) is 16.1 Å². The van der Waals surface area contributed by atoms with E-state index in [-0.39, 0.29) is 22.8 Å². The fourth-order valence-corrected chi connectivity index (χ4v) is 2.97. The molecule has 0 atom stereocenters. The van der Waals surface area contributed by atoms with E-state index < -0.39 is 15.9 Å². The highest BCUT2D eigenvalue weighted by Gasteiger charge is 2.23. The van der Waals surface area contributed by atoms with E-state index in [0.29, 0.717) is 5.76 Å².